The van der Waals surface area contributed by atoms with Crippen LogP contribution in [0.1, 0.15) is 0 Å². The number of carboxylic acid groups (broad SMARTS) is 1. The van der Waals surface area contributed by atoms with Gasteiger partial charge in [-0.05, 0) is 0 Å². The van der Waals surface area contributed by atoms with Crippen LogP contribution < -0.4 is 16.0 Å². The lowest BCUT2D eigenvalue weighted by molar-refractivity contribution is -0.138. The maximum absolute atomic E-state index is 11.3. The zero-order valence-corrected chi connectivity index (χ0v) is 9.01. The smallest absolute Gasteiger partial charge is 0.322 e. The minimum Gasteiger partial charge on any atom is -0.480 e. The van der Waals surface area contributed by atoms with E-state index in [0.717, 1.165) is 0 Å². The Morgan fingerprint density at radius 2 is 2.00 bits per heavy atom. The summed E-state index contributed by atoms with van der Waals surface area (Å²) in [7, 11) is 1.40. The van der Waals surface area contributed by atoms with E-state index in [1.807, 2.05) is 0 Å². The number of nitrogens with one attached hydrogen (secondary N) is 3. The van der Waals surface area contributed by atoms with E-state index in [2.05, 4.69) is 28.6 Å². The van der Waals surface area contributed by atoms with Gasteiger partial charge in [0, 0.05) is 12.8 Å². The van der Waals surface area contributed by atoms with Gasteiger partial charge in [0.2, 0.25) is 5.91 Å². The molecule has 0 aliphatic carbocycles. The van der Waals surface area contributed by atoms with Crippen LogP contribution in [0.25, 0.3) is 0 Å². The van der Waals surface area contributed by atoms with Crippen LogP contribution in [0.15, 0.2) is 0 Å². The zero-order valence-electron chi connectivity index (χ0n) is 8.11. The first-order valence-electron chi connectivity index (χ1n) is 4.09. The predicted molar refractivity (Wildman–Crippen MR) is 55.9 cm³/mol. The molecular formula is C7H13N3O4S. The Labute approximate surface area is 92.0 Å². The van der Waals surface area contributed by atoms with Crippen LogP contribution >= 0.6 is 12.6 Å². The molecule has 0 saturated carbocycles. The first-order valence-corrected chi connectivity index (χ1v) is 4.73. The van der Waals surface area contributed by atoms with Gasteiger partial charge in [-0.3, -0.25) is 9.59 Å². The van der Waals surface area contributed by atoms with Gasteiger partial charge in [0.25, 0.3) is 0 Å². The zero-order chi connectivity index (χ0) is 11.8. The van der Waals surface area contributed by atoms with Crippen molar-refractivity contribution in [2.75, 3.05) is 19.3 Å². The normalized spacial score (nSPS) is 11.3. The van der Waals surface area contributed by atoms with Crippen molar-refractivity contribution in [2.45, 2.75) is 6.04 Å². The van der Waals surface area contributed by atoms with Crippen molar-refractivity contribution >= 4 is 30.5 Å². The molecule has 0 aromatic rings. The second kappa shape index (κ2) is 6.93. The van der Waals surface area contributed by atoms with Crippen LogP contribution in [-0.4, -0.2) is 48.4 Å². The van der Waals surface area contributed by atoms with E-state index in [4.69, 9.17) is 5.11 Å². The van der Waals surface area contributed by atoms with Crippen LogP contribution in [0.4, 0.5) is 4.79 Å². The van der Waals surface area contributed by atoms with E-state index >= 15 is 0 Å². The second-order valence-electron chi connectivity index (χ2n) is 2.57. The van der Waals surface area contributed by atoms with Crippen molar-refractivity contribution in [2.24, 2.45) is 0 Å². The van der Waals surface area contributed by atoms with Crippen LogP contribution in [0.3, 0.4) is 0 Å². The van der Waals surface area contributed by atoms with E-state index in [1.54, 1.807) is 0 Å². The number of carboxylic acids is 1. The molecule has 3 amide bonds. The summed E-state index contributed by atoms with van der Waals surface area (Å²) in [5.41, 5.74) is 0. The number of aliphatic carboxylic acids is 1. The third kappa shape index (κ3) is 5.78. The maximum Gasteiger partial charge on any atom is 0.322 e. The SMILES string of the molecule is CNC(=O)N[C@@H](CS)C(=O)NCC(=O)O. The summed E-state index contributed by atoms with van der Waals surface area (Å²) in [5, 5.41) is 15.0. The third-order valence-corrected chi connectivity index (χ3v) is 1.81. The van der Waals surface area contributed by atoms with Gasteiger partial charge in [-0.2, -0.15) is 12.6 Å². The predicted octanol–water partition coefficient (Wildman–Crippen LogP) is -1.59. The largest absolute Gasteiger partial charge is 0.480 e. The Hall–Kier alpha value is -1.44. The quantitative estimate of drug-likeness (QED) is 0.370. The molecule has 4 N–H and O–H groups in total. The van der Waals surface area contributed by atoms with Gasteiger partial charge in [-0.15, -0.1) is 0 Å². The molecular weight excluding hydrogens is 222 g/mol. The van der Waals surface area contributed by atoms with Crippen molar-refractivity contribution < 1.29 is 19.5 Å². The molecule has 15 heavy (non-hydrogen) atoms. The molecule has 0 aliphatic heterocycles. The highest BCUT2D eigenvalue weighted by Gasteiger charge is 2.18. The number of carbonyl (C=O) groups is 3. The topological polar surface area (TPSA) is 108 Å². The summed E-state index contributed by atoms with van der Waals surface area (Å²) < 4.78 is 0. The molecule has 0 aromatic heterocycles. The summed E-state index contributed by atoms with van der Waals surface area (Å²) in [6.07, 6.45) is 0. The molecule has 0 aliphatic rings. The fourth-order valence-corrected chi connectivity index (χ4v) is 0.968. The van der Waals surface area contributed by atoms with E-state index < -0.39 is 30.5 Å². The van der Waals surface area contributed by atoms with Gasteiger partial charge in [0.05, 0.1) is 0 Å². The average Bonchev–Trinajstić information content (AvgIpc) is 2.21. The molecule has 1 atom stereocenters. The molecule has 0 spiro atoms. The Morgan fingerprint density at radius 3 is 2.40 bits per heavy atom. The Morgan fingerprint density at radius 1 is 1.40 bits per heavy atom. The Bertz CT molecular complexity index is 259. The van der Waals surface area contributed by atoms with E-state index in [-0.39, 0.29) is 5.75 Å². The summed E-state index contributed by atoms with van der Waals surface area (Å²) >= 11 is 3.86. The number of carbonyl (C=O) groups excluding carboxylic acids is 2. The lowest BCUT2D eigenvalue weighted by atomic mass is 10.3. The molecule has 0 fully saturated rings. The highest BCUT2D eigenvalue weighted by atomic mass is 32.1. The summed E-state index contributed by atoms with van der Waals surface area (Å²) in [5.74, 6) is -1.66. The molecule has 0 bridgehead atoms. The first kappa shape index (κ1) is 13.6. The highest BCUT2D eigenvalue weighted by molar-refractivity contribution is 7.80. The number of rotatable bonds is 5. The van der Waals surface area contributed by atoms with Gasteiger partial charge < -0.3 is 21.1 Å². The van der Waals surface area contributed by atoms with E-state index in [1.165, 1.54) is 7.05 Å². The molecule has 86 valence electrons. The number of hydrogen-bond donors (Lipinski definition) is 5. The van der Waals surface area contributed by atoms with Crippen LogP contribution in [0.5, 0.6) is 0 Å². The van der Waals surface area contributed by atoms with Crippen molar-refractivity contribution in [3.8, 4) is 0 Å². The van der Waals surface area contributed by atoms with Crippen molar-refractivity contribution in [3.63, 3.8) is 0 Å². The number of amides is 3. The molecule has 0 rings (SSSR count). The molecule has 7 nitrogen and oxygen atoms in total. The van der Waals surface area contributed by atoms with Crippen molar-refractivity contribution in [1.82, 2.24) is 16.0 Å². The van der Waals surface area contributed by atoms with Crippen molar-refractivity contribution in [3.05, 3.63) is 0 Å². The third-order valence-electron chi connectivity index (χ3n) is 1.45. The Kier molecular flexibility index (Phi) is 6.27. The molecule has 0 heterocycles. The first-order chi connectivity index (χ1) is 7.01. The number of thiol groups is 1. The standard InChI is InChI=1S/C7H13N3O4S/c1-8-7(14)10-4(3-15)6(13)9-2-5(11)12/h4,15H,2-3H2,1H3,(H,9,13)(H,11,12)(H2,8,10,14)/t4-/m0/s1. The van der Waals surface area contributed by atoms with Crippen LogP contribution in [0.2, 0.25) is 0 Å². The summed E-state index contributed by atoms with van der Waals surface area (Å²) in [4.78, 5) is 32.3. The lowest BCUT2D eigenvalue weighted by Crippen LogP contribution is -2.51. The van der Waals surface area contributed by atoms with Crippen LogP contribution in [-0.2, 0) is 9.59 Å². The Balaban J connectivity index is 4.10. The molecule has 0 saturated heterocycles. The molecule has 0 unspecified atom stereocenters. The van der Waals surface area contributed by atoms with Gasteiger partial charge in [-0.25, -0.2) is 4.79 Å². The van der Waals surface area contributed by atoms with Crippen LogP contribution in [0, 0.1) is 0 Å². The highest BCUT2D eigenvalue weighted by Crippen LogP contribution is 1.88. The van der Waals surface area contributed by atoms with E-state index in [0.29, 0.717) is 0 Å². The monoisotopic (exact) mass is 235 g/mol. The second-order valence-corrected chi connectivity index (χ2v) is 2.94. The summed E-state index contributed by atoms with van der Waals surface area (Å²) in [6.45, 7) is -0.488. The van der Waals surface area contributed by atoms with Gasteiger partial charge in [-0.1, -0.05) is 0 Å². The number of hydrogen-bond acceptors (Lipinski definition) is 4. The average molecular weight is 235 g/mol. The van der Waals surface area contributed by atoms with Crippen molar-refractivity contribution in [1.29, 1.82) is 0 Å². The van der Waals surface area contributed by atoms with E-state index in [9.17, 15) is 14.4 Å². The fraction of sp³-hybridized carbons (Fsp3) is 0.571. The van der Waals surface area contributed by atoms with Gasteiger partial charge in [0.15, 0.2) is 0 Å². The summed E-state index contributed by atoms with van der Waals surface area (Å²) in [6, 6.07) is -1.38. The maximum atomic E-state index is 11.3. The fourth-order valence-electron chi connectivity index (χ4n) is 0.710. The minimum absolute atomic E-state index is 0.0822. The van der Waals surface area contributed by atoms with Gasteiger partial charge in [0.1, 0.15) is 12.6 Å². The minimum atomic E-state index is -1.15. The lowest BCUT2D eigenvalue weighted by Gasteiger charge is -2.15. The van der Waals surface area contributed by atoms with Gasteiger partial charge >= 0.3 is 12.0 Å². The number of urea groups is 1. The molecule has 8 heteroatoms. The molecule has 0 aromatic carbocycles. The molecule has 0 radical (unpaired) electrons.